The maximum atomic E-state index is 12.7. The number of hydrogen-bond donors (Lipinski definition) is 1. The molecule has 0 aliphatic carbocycles. The van der Waals surface area contributed by atoms with Gasteiger partial charge in [0.25, 0.3) is 0 Å². The molecular formula is C18H29N3O4S. The predicted molar refractivity (Wildman–Crippen MR) is 103 cm³/mol. The summed E-state index contributed by atoms with van der Waals surface area (Å²) in [6.07, 6.45) is 1.11. The van der Waals surface area contributed by atoms with Crippen LogP contribution in [0.4, 0.5) is 5.69 Å². The van der Waals surface area contributed by atoms with Crippen LogP contribution in [0.25, 0.3) is 0 Å². The number of carbonyl (C=O) groups is 1. The van der Waals surface area contributed by atoms with Gasteiger partial charge in [0, 0.05) is 25.2 Å². The molecule has 0 spiro atoms. The Labute approximate surface area is 156 Å². The number of amides is 1. The minimum Gasteiger partial charge on any atom is -0.379 e. The van der Waals surface area contributed by atoms with Crippen LogP contribution < -0.4 is 9.62 Å². The largest absolute Gasteiger partial charge is 0.379 e. The third-order valence-electron chi connectivity index (χ3n) is 4.66. The first-order chi connectivity index (χ1) is 12.1. The Hall–Kier alpha value is -1.64. The van der Waals surface area contributed by atoms with Gasteiger partial charge >= 0.3 is 0 Å². The molecule has 1 fully saturated rings. The van der Waals surface area contributed by atoms with Gasteiger partial charge in [-0.15, -0.1) is 0 Å². The van der Waals surface area contributed by atoms with Crippen LogP contribution >= 0.6 is 0 Å². The van der Waals surface area contributed by atoms with E-state index in [1.165, 1.54) is 0 Å². The lowest BCUT2D eigenvalue weighted by atomic mass is 10.0. The number of carbonyl (C=O) groups excluding carboxylic acids is 1. The zero-order valence-electron chi connectivity index (χ0n) is 15.9. The fourth-order valence-electron chi connectivity index (χ4n) is 3.12. The normalized spacial score (nSPS) is 17.5. The van der Waals surface area contributed by atoms with Crippen molar-refractivity contribution < 1.29 is 17.9 Å². The van der Waals surface area contributed by atoms with E-state index in [-0.39, 0.29) is 11.4 Å². The number of nitrogens with one attached hydrogen (secondary N) is 1. The van der Waals surface area contributed by atoms with Crippen LogP contribution in [-0.4, -0.2) is 69.9 Å². The summed E-state index contributed by atoms with van der Waals surface area (Å²) in [4.78, 5) is 14.9. The average molecular weight is 384 g/mol. The molecule has 0 saturated carbocycles. The number of hydrogen-bond acceptors (Lipinski definition) is 5. The first kappa shape index (κ1) is 20.7. The first-order valence-electron chi connectivity index (χ1n) is 8.78. The summed E-state index contributed by atoms with van der Waals surface area (Å²) in [5.74, 6) is -0.319. The summed E-state index contributed by atoms with van der Waals surface area (Å²) >= 11 is 0. The Morgan fingerprint density at radius 3 is 2.38 bits per heavy atom. The number of morpholine rings is 1. The number of rotatable bonds is 7. The van der Waals surface area contributed by atoms with Crippen LogP contribution in [0, 0.1) is 0 Å². The molecule has 0 aromatic heterocycles. The standard InChI is InChI=1S/C18H29N3O4S/c1-15(21(26(4,23)24)16-8-6-5-7-9-16)17(22)19-14-18(2,3)20-10-12-25-13-11-20/h5-9,15H,10-14H2,1-4H3,(H,19,22). The maximum absolute atomic E-state index is 12.7. The molecule has 1 N–H and O–H groups in total. The van der Waals surface area contributed by atoms with E-state index in [9.17, 15) is 13.2 Å². The van der Waals surface area contributed by atoms with Crippen molar-refractivity contribution in [2.75, 3.05) is 43.4 Å². The highest BCUT2D eigenvalue weighted by Gasteiger charge is 2.32. The van der Waals surface area contributed by atoms with E-state index in [1.54, 1.807) is 37.3 Å². The average Bonchev–Trinajstić information content (AvgIpc) is 2.60. The fraction of sp³-hybridized carbons (Fsp3) is 0.611. The summed E-state index contributed by atoms with van der Waals surface area (Å²) in [5, 5.41) is 2.91. The predicted octanol–water partition coefficient (Wildman–Crippen LogP) is 1.07. The van der Waals surface area contributed by atoms with E-state index in [1.807, 2.05) is 0 Å². The summed E-state index contributed by atoms with van der Waals surface area (Å²) in [5.41, 5.74) is 0.243. The van der Waals surface area contributed by atoms with E-state index in [0.29, 0.717) is 25.4 Å². The van der Waals surface area contributed by atoms with Crippen molar-refractivity contribution in [1.82, 2.24) is 10.2 Å². The minimum atomic E-state index is -3.59. The number of ether oxygens (including phenoxy) is 1. The third kappa shape index (κ3) is 5.18. The number of anilines is 1. The molecule has 1 atom stereocenters. The molecule has 146 valence electrons. The molecule has 0 radical (unpaired) electrons. The third-order valence-corrected chi connectivity index (χ3v) is 5.90. The molecule has 1 unspecified atom stereocenters. The van der Waals surface area contributed by atoms with Crippen LogP contribution in [0.15, 0.2) is 30.3 Å². The van der Waals surface area contributed by atoms with Gasteiger partial charge < -0.3 is 10.1 Å². The van der Waals surface area contributed by atoms with Crippen molar-refractivity contribution in [3.8, 4) is 0 Å². The van der Waals surface area contributed by atoms with Crippen molar-refractivity contribution in [2.45, 2.75) is 32.4 Å². The molecule has 8 heteroatoms. The summed E-state index contributed by atoms with van der Waals surface area (Å²) in [7, 11) is -3.59. The van der Waals surface area contributed by atoms with Crippen LogP contribution in [0.2, 0.25) is 0 Å². The van der Waals surface area contributed by atoms with E-state index in [0.717, 1.165) is 23.7 Å². The molecule has 7 nitrogen and oxygen atoms in total. The zero-order chi connectivity index (χ0) is 19.4. The molecule has 1 amide bonds. The number of sulfonamides is 1. The zero-order valence-corrected chi connectivity index (χ0v) is 16.8. The van der Waals surface area contributed by atoms with Crippen LogP contribution in [-0.2, 0) is 19.6 Å². The molecule has 1 aromatic carbocycles. The molecule has 1 aromatic rings. The summed E-state index contributed by atoms with van der Waals surface area (Å²) in [6.45, 7) is 9.17. The highest BCUT2D eigenvalue weighted by molar-refractivity contribution is 7.92. The molecule has 0 bridgehead atoms. The Bertz CT molecular complexity index is 700. The SMILES string of the molecule is CC(C(=O)NCC(C)(C)N1CCOCC1)N(c1ccccc1)S(C)(=O)=O. The highest BCUT2D eigenvalue weighted by atomic mass is 32.2. The fourth-order valence-corrected chi connectivity index (χ4v) is 4.29. The monoisotopic (exact) mass is 383 g/mol. The quantitative estimate of drug-likeness (QED) is 0.762. The highest BCUT2D eigenvalue weighted by Crippen LogP contribution is 2.20. The van der Waals surface area contributed by atoms with Crippen molar-refractivity contribution in [3.63, 3.8) is 0 Å². The summed E-state index contributed by atoms with van der Waals surface area (Å²) in [6, 6.07) is 7.83. The van der Waals surface area contributed by atoms with Crippen molar-refractivity contribution in [1.29, 1.82) is 0 Å². The van der Waals surface area contributed by atoms with Gasteiger partial charge in [-0.25, -0.2) is 8.42 Å². The topological polar surface area (TPSA) is 79.0 Å². The van der Waals surface area contributed by atoms with Crippen molar-refractivity contribution in [3.05, 3.63) is 30.3 Å². The molecule has 26 heavy (non-hydrogen) atoms. The van der Waals surface area contributed by atoms with Crippen molar-refractivity contribution in [2.24, 2.45) is 0 Å². The molecule has 1 heterocycles. The van der Waals surface area contributed by atoms with Gasteiger partial charge in [-0.05, 0) is 32.9 Å². The second-order valence-corrected chi connectivity index (χ2v) is 9.06. The lowest BCUT2D eigenvalue weighted by Crippen LogP contribution is -2.57. The molecule has 1 saturated heterocycles. The van der Waals surface area contributed by atoms with Gasteiger partial charge in [0.05, 0.1) is 25.2 Å². The second-order valence-electron chi connectivity index (χ2n) is 7.20. The van der Waals surface area contributed by atoms with Crippen molar-refractivity contribution >= 4 is 21.6 Å². The molecule has 1 aliphatic heterocycles. The minimum absolute atomic E-state index is 0.234. The lowest BCUT2D eigenvalue weighted by molar-refractivity contribution is -0.122. The molecular weight excluding hydrogens is 354 g/mol. The number of nitrogens with zero attached hydrogens (tertiary/aromatic N) is 2. The molecule has 1 aliphatic rings. The molecule has 2 rings (SSSR count). The van der Waals surface area contributed by atoms with Crippen LogP contribution in [0.5, 0.6) is 0 Å². The van der Waals surface area contributed by atoms with Gasteiger partial charge in [0.2, 0.25) is 15.9 Å². The van der Waals surface area contributed by atoms with E-state index >= 15 is 0 Å². The first-order valence-corrected chi connectivity index (χ1v) is 10.6. The smallest absolute Gasteiger partial charge is 0.243 e. The van der Waals surface area contributed by atoms with E-state index < -0.39 is 16.1 Å². The van der Waals surface area contributed by atoms with Gasteiger partial charge in [0.1, 0.15) is 6.04 Å². The Morgan fingerprint density at radius 2 is 1.85 bits per heavy atom. The number of benzene rings is 1. The second kappa shape index (κ2) is 8.37. The number of para-hydroxylation sites is 1. The Balaban J connectivity index is 2.07. The van der Waals surface area contributed by atoms with Gasteiger partial charge in [0.15, 0.2) is 0 Å². The van der Waals surface area contributed by atoms with Gasteiger partial charge in [-0.1, -0.05) is 18.2 Å². The van der Waals surface area contributed by atoms with Gasteiger partial charge in [-0.3, -0.25) is 14.0 Å². The lowest BCUT2D eigenvalue weighted by Gasteiger charge is -2.41. The van der Waals surface area contributed by atoms with Crippen LogP contribution in [0.1, 0.15) is 20.8 Å². The van der Waals surface area contributed by atoms with E-state index in [2.05, 4.69) is 24.1 Å². The van der Waals surface area contributed by atoms with Crippen LogP contribution in [0.3, 0.4) is 0 Å². The van der Waals surface area contributed by atoms with Gasteiger partial charge in [-0.2, -0.15) is 0 Å². The maximum Gasteiger partial charge on any atom is 0.243 e. The Morgan fingerprint density at radius 1 is 1.27 bits per heavy atom. The Kier molecular flexibility index (Phi) is 6.65. The van der Waals surface area contributed by atoms with E-state index in [4.69, 9.17) is 4.74 Å². The summed E-state index contributed by atoms with van der Waals surface area (Å²) < 4.78 is 31.0.